The Bertz CT molecular complexity index is 646. The van der Waals surface area contributed by atoms with Crippen molar-refractivity contribution in [3.8, 4) is 0 Å². The predicted octanol–water partition coefficient (Wildman–Crippen LogP) is 3.00. The Morgan fingerprint density at radius 2 is 2.19 bits per heavy atom. The molecule has 0 aliphatic heterocycles. The van der Waals surface area contributed by atoms with Crippen LogP contribution in [0.5, 0.6) is 0 Å². The molecule has 1 aliphatic rings. The standard InChI is InChI=1S/C14H17N3O2S2/c1-2-10-5-6-11(21-10)7-17-13(9-3-4-9)15-16-14(17)20-8-12(18)19/h5-6,9H,2-4,7-8H2,1H3,(H,18,19). The lowest BCUT2D eigenvalue weighted by Crippen LogP contribution is -2.06. The van der Waals surface area contributed by atoms with Gasteiger partial charge in [0.25, 0.3) is 0 Å². The van der Waals surface area contributed by atoms with Gasteiger partial charge in [-0.2, -0.15) is 0 Å². The van der Waals surface area contributed by atoms with Crippen LogP contribution in [0, 0.1) is 0 Å². The molecule has 21 heavy (non-hydrogen) atoms. The van der Waals surface area contributed by atoms with E-state index in [1.165, 1.54) is 21.5 Å². The van der Waals surface area contributed by atoms with Gasteiger partial charge in [0.15, 0.2) is 5.16 Å². The minimum atomic E-state index is -0.827. The zero-order valence-electron chi connectivity index (χ0n) is 11.8. The molecule has 0 aromatic carbocycles. The fourth-order valence-electron chi connectivity index (χ4n) is 2.18. The zero-order valence-corrected chi connectivity index (χ0v) is 13.4. The average molecular weight is 323 g/mol. The second-order valence-electron chi connectivity index (χ2n) is 5.11. The van der Waals surface area contributed by atoms with E-state index in [1.54, 1.807) is 11.3 Å². The molecule has 7 heteroatoms. The molecule has 0 saturated heterocycles. The van der Waals surface area contributed by atoms with Gasteiger partial charge in [-0.25, -0.2) is 0 Å². The van der Waals surface area contributed by atoms with Crippen molar-refractivity contribution in [2.75, 3.05) is 5.75 Å². The summed E-state index contributed by atoms with van der Waals surface area (Å²) in [6.45, 7) is 2.89. The Kier molecular flexibility index (Phi) is 4.30. The first kappa shape index (κ1) is 14.6. The van der Waals surface area contributed by atoms with Crippen LogP contribution in [0.25, 0.3) is 0 Å². The van der Waals surface area contributed by atoms with Gasteiger partial charge in [0.05, 0.1) is 12.3 Å². The SMILES string of the molecule is CCc1ccc(Cn2c(SCC(=O)O)nnc2C2CC2)s1. The molecule has 3 rings (SSSR count). The minimum Gasteiger partial charge on any atom is -0.481 e. The van der Waals surface area contributed by atoms with Crippen molar-refractivity contribution < 1.29 is 9.90 Å². The van der Waals surface area contributed by atoms with E-state index in [0.29, 0.717) is 11.1 Å². The predicted molar refractivity (Wildman–Crippen MR) is 83.2 cm³/mol. The summed E-state index contributed by atoms with van der Waals surface area (Å²) in [7, 11) is 0. The van der Waals surface area contributed by atoms with Gasteiger partial charge >= 0.3 is 5.97 Å². The highest BCUT2D eigenvalue weighted by Crippen LogP contribution is 2.40. The first-order chi connectivity index (χ1) is 10.2. The van der Waals surface area contributed by atoms with Gasteiger partial charge in [-0.15, -0.1) is 21.5 Å². The summed E-state index contributed by atoms with van der Waals surface area (Å²) < 4.78 is 2.09. The third-order valence-corrected chi connectivity index (χ3v) is 5.56. The van der Waals surface area contributed by atoms with Crippen molar-refractivity contribution in [3.63, 3.8) is 0 Å². The molecular weight excluding hydrogens is 306 g/mol. The number of nitrogens with zero attached hydrogens (tertiary/aromatic N) is 3. The van der Waals surface area contributed by atoms with E-state index in [-0.39, 0.29) is 5.75 Å². The summed E-state index contributed by atoms with van der Waals surface area (Å²) >= 11 is 3.05. The summed E-state index contributed by atoms with van der Waals surface area (Å²) in [5.41, 5.74) is 0. The van der Waals surface area contributed by atoms with Crippen LogP contribution in [0.3, 0.4) is 0 Å². The Morgan fingerprint density at radius 3 is 2.81 bits per heavy atom. The van der Waals surface area contributed by atoms with Gasteiger partial charge in [0.2, 0.25) is 0 Å². The molecule has 1 fully saturated rings. The second kappa shape index (κ2) is 6.19. The minimum absolute atomic E-state index is 0.0213. The van der Waals surface area contributed by atoms with Crippen molar-refractivity contribution in [1.82, 2.24) is 14.8 Å². The first-order valence-corrected chi connectivity index (χ1v) is 8.83. The van der Waals surface area contributed by atoms with E-state index in [0.717, 1.165) is 31.6 Å². The number of thiophene rings is 1. The molecule has 0 atom stereocenters. The first-order valence-electron chi connectivity index (χ1n) is 7.02. The van der Waals surface area contributed by atoms with Gasteiger partial charge in [0, 0.05) is 15.7 Å². The molecule has 112 valence electrons. The lowest BCUT2D eigenvalue weighted by molar-refractivity contribution is -0.133. The molecule has 2 aromatic rings. The Balaban J connectivity index is 1.83. The van der Waals surface area contributed by atoms with E-state index in [1.807, 2.05) is 0 Å². The van der Waals surface area contributed by atoms with Crippen LogP contribution in [0.1, 0.15) is 41.3 Å². The lowest BCUT2D eigenvalue weighted by Gasteiger charge is -2.07. The number of thioether (sulfide) groups is 1. The van der Waals surface area contributed by atoms with Gasteiger partial charge < -0.3 is 9.67 Å². The summed E-state index contributed by atoms with van der Waals surface area (Å²) in [5, 5.41) is 18.0. The van der Waals surface area contributed by atoms with E-state index in [9.17, 15) is 4.79 Å². The molecule has 5 nitrogen and oxygen atoms in total. The molecule has 1 N–H and O–H groups in total. The van der Waals surface area contributed by atoms with Crippen LogP contribution in [0.2, 0.25) is 0 Å². The number of carboxylic acids is 1. The van der Waals surface area contributed by atoms with Crippen molar-refractivity contribution in [1.29, 1.82) is 0 Å². The fraction of sp³-hybridized carbons (Fsp3) is 0.500. The highest BCUT2D eigenvalue weighted by atomic mass is 32.2. The smallest absolute Gasteiger partial charge is 0.313 e. The summed E-state index contributed by atoms with van der Waals surface area (Å²) in [6, 6.07) is 4.30. The molecule has 0 spiro atoms. The summed E-state index contributed by atoms with van der Waals surface area (Å²) in [5.74, 6) is 0.705. The second-order valence-corrected chi connectivity index (χ2v) is 7.30. The third-order valence-electron chi connectivity index (χ3n) is 3.39. The highest BCUT2D eigenvalue weighted by molar-refractivity contribution is 7.99. The molecule has 0 bridgehead atoms. The molecule has 2 aromatic heterocycles. The number of aliphatic carboxylic acids is 1. The summed E-state index contributed by atoms with van der Waals surface area (Å²) in [4.78, 5) is 13.4. The molecule has 1 saturated carbocycles. The van der Waals surface area contributed by atoms with Crippen molar-refractivity contribution >= 4 is 29.1 Å². The van der Waals surface area contributed by atoms with Crippen LogP contribution in [-0.2, 0) is 17.8 Å². The van der Waals surface area contributed by atoms with E-state index >= 15 is 0 Å². The Hall–Kier alpha value is -1.34. The summed E-state index contributed by atoms with van der Waals surface area (Å²) in [6.07, 6.45) is 3.36. The highest BCUT2D eigenvalue weighted by Gasteiger charge is 2.30. The average Bonchev–Trinajstić information content (AvgIpc) is 3.07. The van der Waals surface area contributed by atoms with Gasteiger partial charge in [-0.3, -0.25) is 4.79 Å². The Labute approximate surface area is 131 Å². The van der Waals surface area contributed by atoms with Crippen molar-refractivity contribution in [3.05, 3.63) is 27.7 Å². The van der Waals surface area contributed by atoms with E-state index in [2.05, 4.69) is 33.8 Å². The van der Waals surface area contributed by atoms with Crippen LogP contribution in [-0.4, -0.2) is 31.6 Å². The van der Waals surface area contributed by atoms with Crippen molar-refractivity contribution in [2.24, 2.45) is 0 Å². The van der Waals surface area contributed by atoms with E-state index in [4.69, 9.17) is 5.11 Å². The number of aryl methyl sites for hydroxylation is 1. The van der Waals surface area contributed by atoms with Gasteiger partial charge in [-0.05, 0) is 31.4 Å². The Morgan fingerprint density at radius 1 is 1.43 bits per heavy atom. The number of carbonyl (C=O) groups is 1. The third kappa shape index (κ3) is 3.47. The normalized spacial score (nSPS) is 14.5. The molecule has 0 unspecified atom stereocenters. The van der Waals surface area contributed by atoms with Gasteiger partial charge in [-0.1, -0.05) is 18.7 Å². The van der Waals surface area contributed by atoms with Crippen LogP contribution >= 0.6 is 23.1 Å². The zero-order chi connectivity index (χ0) is 14.8. The molecular formula is C14H17N3O2S2. The maximum absolute atomic E-state index is 10.8. The monoisotopic (exact) mass is 323 g/mol. The van der Waals surface area contributed by atoms with Crippen molar-refractivity contribution in [2.45, 2.75) is 43.8 Å². The molecule has 1 aliphatic carbocycles. The van der Waals surface area contributed by atoms with Crippen LogP contribution in [0.15, 0.2) is 17.3 Å². The quantitative estimate of drug-likeness (QED) is 0.793. The number of hydrogen-bond acceptors (Lipinski definition) is 5. The fourth-order valence-corrected chi connectivity index (χ4v) is 3.79. The topological polar surface area (TPSA) is 68.0 Å². The number of carboxylic acid groups (broad SMARTS) is 1. The maximum Gasteiger partial charge on any atom is 0.313 e. The molecule has 0 amide bonds. The lowest BCUT2D eigenvalue weighted by atomic mass is 10.3. The van der Waals surface area contributed by atoms with Crippen LogP contribution < -0.4 is 0 Å². The van der Waals surface area contributed by atoms with Crippen LogP contribution in [0.4, 0.5) is 0 Å². The molecule has 2 heterocycles. The molecule has 0 radical (unpaired) electrons. The van der Waals surface area contributed by atoms with Gasteiger partial charge in [0.1, 0.15) is 5.82 Å². The maximum atomic E-state index is 10.8. The largest absolute Gasteiger partial charge is 0.481 e. The number of rotatable bonds is 7. The number of hydrogen-bond donors (Lipinski definition) is 1. The number of aromatic nitrogens is 3. The van der Waals surface area contributed by atoms with E-state index < -0.39 is 5.97 Å².